The topological polar surface area (TPSA) is 32.8 Å². The summed E-state index contributed by atoms with van der Waals surface area (Å²) in [6.45, 7) is 3.08. The molecule has 4 rings (SSSR count). The average Bonchev–Trinajstić information content (AvgIpc) is 2.71. The van der Waals surface area contributed by atoms with Crippen molar-refractivity contribution < 1.29 is 9.53 Å². The van der Waals surface area contributed by atoms with Crippen LogP contribution >= 0.6 is 11.8 Å². The van der Waals surface area contributed by atoms with E-state index in [-0.39, 0.29) is 0 Å². The van der Waals surface area contributed by atoms with Crippen molar-refractivity contribution in [3.63, 3.8) is 0 Å². The van der Waals surface area contributed by atoms with E-state index in [2.05, 4.69) is 40.3 Å². The predicted octanol–water partition coefficient (Wildman–Crippen LogP) is 3.82. The van der Waals surface area contributed by atoms with Gasteiger partial charge in [0.15, 0.2) is 0 Å². The van der Waals surface area contributed by atoms with Gasteiger partial charge >= 0.3 is 0 Å². The van der Waals surface area contributed by atoms with E-state index in [1.54, 1.807) is 18.9 Å². The lowest BCUT2D eigenvalue weighted by Gasteiger charge is -2.55. The maximum absolute atomic E-state index is 12.6. The highest BCUT2D eigenvalue weighted by atomic mass is 32.2. The van der Waals surface area contributed by atoms with Crippen LogP contribution in [0.4, 0.5) is 0 Å². The fourth-order valence-electron chi connectivity index (χ4n) is 5.54. The first kappa shape index (κ1) is 19.1. The Kier molecular flexibility index (Phi) is 5.98. The van der Waals surface area contributed by atoms with Crippen LogP contribution in [-0.2, 0) is 4.79 Å². The van der Waals surface area contributed by atoms with Crippen LogP contribution in [0, 0.1) is 11.8 Å². The van der Waals surface area contributed by atoms with E-state index in [0.29, 0.717) is 36.2 Å². The van der Waals surface area contributed by atoms with Gasteiger partial charge in [-0.25, -0.2) is 0 Å². The normalized spacial score (nSPS) is 30.7. The van der Waals surface area contributed by atoms with E-state index < -0.39 is 0 Å². The molecule has 0 aromatic heterocycles. The molecule has 0 unspecified atom stereocenters. The second-order valence-corrected chi connectivity index (χ2v) is 9.37. The SMILES string of the molecule is COc1ccc([C@H]2CCC[C@H]3[C@@H]4C[C@@H](CN(C(=O)CCSC)C4)CN23)cc1. The standard InChI is InChI=1S/C22H32N2O2S/c1-26-19-8-6-17(7-9-19)20-4-3-5-21-18-12-16(14-24(20)21)13-23(15-18)22(25)10-11-27-2/h6-9,16,18,20-21H,3-5,10-15H2,1-2H3/t16-,18+,20+,21-/m0/s1. The number of fused-ring (bicyclic) bond motifs is 4. The Balaban J connectivity index is 1.48. The fraction of sp³-hybridized carbons (Fsp3) is 0.682. The van der Waals surface area contributed by atoms with E-state index in [1.807, 2.05) is 0 Å². The van der Waals surface area contributed by atoms with Crippen LogP contribution in [0.5, 0.6) is 5.75 Å². The highest BCUT2D eigenvalue weighted by Crippen LogP contribution is 2.44. The molecule has 0 saturated carbocycles. The molecule has 3 fully saturated rings. The van der Waals surface area contributed by atoms with Crippen molar-refractivity contribution >= 4 is 17.7 Å². The smallest absolute Gasteiger partial charge is 0.223 e. The third-order valence-corrected chi connectivity index (χ3v) is 7.37. The maximum atomic E-state index is 12.6. The summed E-state index contributed by atoms with van der Waals surface area (Å²) in [6, 6.07) is 9.84. The van der Waals surface area contributed by atoms with Gasteiger partial charge in [-0.1, -0.05) is 12.1 Å². The number of likely N-dealkylation sites (tertiary alicyclic amines) is 1. The molecular weight excluding hydrogens is 356 g/mol. The summed E-state index contributed by atoms with van der Waals surface area (Å²) in [5, 5.41) is 0. The average molecular weight is 389 g/mol. The van der Waals surface area contributed by atoms with Gasteiger partial charge in [0.25, 0.3) is 0 Å². The summed E-state index contributed by atoms with van der Waals surface area (Å²) < 4.78 is 5.33. The minimum Gasteiger partial charge on any atom is -0.497 e. The van der Waals surface area contributed by atoms with Crippen molar-refractivity contribution in [2.75, 3.05) is 38.8 Å². The zero-order valence-corrected chi connectivity index (χ0v) is 17.4. The molecule has 2 bridgehead atoms. The lowest BCUT2D eigenvalue weighted by molar-refractivity contribution is -0.138. The van der Waals surface area contributed by atoms with Crippen molar-refractivity contribution in [1.29, 1.82) is 0 Å². The van der Waals surface area contributed by atoms with E-state index in [4.69, 9.17) is 4.74 Å². The van der Waals surface area contributed by atoms with Gasteiger partial charge in [-0.05, 0) is 61.5 Å². The summed E-state index contributed by atoms with van der Waals surface area (Å²) in [5.41, 5.74) is 1.42. The number of piperidine rings is 3. The Labute approximate surface area is 167 Å². The van der Waals surface area contributed by atoms with Gasteiger partial charge in [-0.15, -0.1) is 0 Å². The minimum atomic E-state index is 0.370. The Morgan fingerprint density at radius 2 is 2.00 bits per heavy atom. The van der Waals surface area contributed by atoms with E-state index in [9.17, 15) is 4.79 Å². The summed E-state index contributed by atoms with van der Waals surface area (Å²) >= 11 is 1.77. The molecule has 3 aliphatic heterocycles. The van der Waals surface area contributed by atoms with Crippen LogP contribution in [0.1, 0.15) is 43.7 Å². The van der Waals surface area contributed by atoms with Gasteiger partial charge in [0.2, 0.25) is 5.91 Å². The molecule has 0 radical (unpaired) electrons. The van der Waals surface area contributed by atoms with Crippen molar-refractivity contribution in [1.82, 2.24) is 9.80 Å². The quantitative estimate of drug-likeness (QED) is 0.768. The molecule has 1 aromatic rings. The Hall–Kier alpha value is -1.20. The molecule has 0 N–H and O–H groups in total. The molecule has 3 heterocycles. The summed E-state index contributed by atoms with van der Waals surface area (Å²) in [5.74, 6) is 3.53. The zero-order chi connectivity index (χ0) is 18.8. The number of hydrogen-bond acceptors (Lipinski definition) is 4. The first-order valence-corrected chi connectivity index (χ1v) is 11.8. The van der Waals surface area contributed by atoms with Crippen LogP contribution in [-0.4, -0.2) is 60.5 Å². The number of benzene rings is 1. The summed E-state index contributed by atoms with van der Waals surface area (Å²) in [4.78, 5) is 17.6. The van der Waals surface area contributed by atoms with Crippen molar-refractivity contribution in [2.45, 2.75) is 44.2 Å². The van der Waals surface area contributed by atoms with Crippen LogP contribution in [0.2, 0.25) is 0 Å². The van der Waals surface area contributed by atoms with Gasteiger partial charge in [0, 0.05) is 43.9 Å². The number of nitrogens with zero attached hydrogens (tertiary/aromatic N) is 2. The zero-order valence-electron chi connectivity index (χ0n) is 16.6. The molecule has 3 aliphatic rings. The highest BCUT2D eigenvalue weighted by molar-refractivity contribution is 7.98. The monoisotopic (exact) mass is 388 g/mol. The molecule has 3 saturated heterocycles. The molecule has 4 atom stereocenters. The molecule has 5 heteroatoms. The lowest BCUT2D eigenvalue weighted by atomic mass is 9.74. The van der Waals surface area contributed by atoms with Crippen molar-refractivity contribution in [3.8, 4) is 5.75 Å². The van der Waals surface area contributed by atoms with Crippen molar-refractivity contribution in [3.05, 3.63) is 29.8 Å². The molecule has 0 aliphatic carbocycles. The van der Waals surface area contributed by atoms with Gasteiger partial charge in [-0.2, -0.15) is 11.8 Å². The third-order valence-electron chi connectivity index (χ3n) is 6.76. The third kappa shape index (κ3) is 4.00. The maximum Gasteiger partial charge on any atom is 0.223 e. The Morgan fingerprint density at radius 3 is 2.74 bits per heavy atom. The van der Waals surface area contributed by atoms with Gasteiger partial charge in [0.1, 0.15) is 5.75 Å². The van der Waals surface area contributed by atoms with Crippen LogP contribution in [0.3, 0.4) is 0 Å². The van der Waals surface area contributed by atoms with Gasteiger partial charge in [0.05, 0.1) is 7.11 Å². The van der Waals surface area contributed by atoms with E-state index >= 15 is 0 Å². The number of thioether (sulfide) groups is 1. The molecule has 1 aromatic carbocycles. The van der Waals surface area contributed by atoms with E-state index in [1.165, 1.54) is 31.2 Å². The first-order valence-electron chi connectivity index (χ1n) is 10.4. The highest BCUT2D eigenvalue weighted by Gasteiger charge is 2.45. The number of amides is 1. The second-order valence-electron chi connectivity index (χ2n) is 8.39. The largest absolute Gasteiger partial charge is 0.497 e. The van der Waals surface area contributed by atoms with Crippen LogP contribution in [0.25, 0.3) is 0 Å². The van der Waals surface area contributed by atoms with Gasteiger partial charge < -0.3 is 9.64 Å². The number of carbonyl (C=O) groups is 1. The Bertz CT molecular complexity index is 650. The summed E-state index contributed by atoms with van der Waals surface area (Å²) in [7, 11) is 1.73. The number of rotatable bonds is 5. The van der Waals surface area contributed by atoms with Crippen LogP contribution < -0.4 is 4.74 Å². The fourth-order valence-corrected chi connectivity index (χ4v) is 5.92. The van der Waals surface area contributed by atoms with Crippen molar-refractivity contribution in [2.24, 2.45) is 11.8 Å². The Morgan fingerprint density at radius 1 is 1.19 bits per heavy atom. The molecule has 1 amide bonds. The predicted molar refractivity (Wildman–Crippen MR) is 111 cm³/mol. The van der Waals surface area contributed by atoms with Crippen LogP contribution in [0.15, 0.2) is 24.3 Å². The lowest BCUT2D eigenvalue weighted by Crippen LogP contribution is -2.60. The number of hydrogen-bond donors (Lipinski definition) is 0. The molecular formula is C22H32N2O2S. The minimum absolute atomic E-state index is 0.370. The first-order chi connectivity index (χ1) is 13.2. The molecule has 148 valence electrons. The number of methoxy groups -OCH3 is 1. The molecule has 4 nitrogen and oxygen atoms in total. The second kappa shape index (κ2) is 8.44. The van der Waals surface area contributed by atoms with Gasteiger partial charge in [-0.3, -0.25) is 9.69 Å². The molecule has 0 spiro atoms. The number of carbonyl (C=O) groups excluding carboxylic acids is 1. The van der Waals surface area contributed by atoms with E-state index in [0.717, 1.165) is 31.1 Å². The molecule has 27 heavy (non-hydrogen) atoms. The number of ether oxygens (including phenoxy) is 1. The summed E-state index contributed by atoms with van der Waals surface area (Å²) in [6.07, 6.45) is 7.92.